The van der Waals surface area contributed by atoms with Crippen LogP contribution in [-0.2, 0) is 0 Å². The van der Waals surface area contributed by atoms with Crippen LogP contribution in [0.4, 0.5) is 26.3 Å². The molecule has 0 heterocycles. The maximum atomic E-state index is 10.4. The van der Waals surface area contributed by atoms with Gasteiger partial charge in [0.15, 0.2) is 0 Å². The summed E-state index contributed by atoms with van der Waals surface area (Å²) in [5.74, 6) is 0. The van der Waals surface area contributed by atoms with Crippen LogP contribution >= 0.6 is 0 Å². The summed E-state index contributed by atoms with van der Waals surface area (Å²) in [7, 11) is 0. The first-order valence-electron chi connectivity index (χ1n) is 1.38. The van der Waals surface area contributed by atoms with E-state index < -0.39 is 12.4 Å². The Bertz CT molecular complexity index is 68.7. The monoisotopic (exact) mass is 218 g/mol. The van der Waals surface area contributed by atoms with Crippen LogP contribution in [0.15, 0.2) is 0 Å². The molecule has 0 amide bonds. The van der Waals surface area contributed by atoms with Crippen molar-refractivity contribution >= 4 is 103 Å². The molecule has 0 spiro atoms. The molecular formula is C2H2F6K2. The van der Waals surface area contributed by atoms with Gasteiger partial charge in [-0.25, -0.2) is 0 Å². The van der Waals surface area contributed by atoms with Gasteiger partial charge in [0, 0.05) is 0 Å². The van der Waals surface area contributed by atoms with E-state index in [0.29, 0.717) is 0 Å². The third kappa shape index (κ3) is 7.50. The van der Waals surface area contributed by atoms with E-state index in [1.54, 1.807) is 0 Å². The average Bonchev–Trinajstić information content (AvgIpc) is 1.25. The van der Waals surface area contributed by atoms with Crippen molar-refractivity contribution in [2.75, 3.05) is 0 Å². The van der Waals surface area contributed by atoms with Crippen molar-refractivity contribution in [1.29, 1.82) is 0 Å². The molecule has 0 rings (SSSR count). The molecule has 8 heteroatoms. The predicted molar refractivity (Wildman–Crippen MR) is 26.4 cm³/mol. The van der Waals surface area contributed by atoms with Gasteiger partial charge in [-0.2, -0.15) is 26.3 Å². The van der Waals surface area contributed by atoms with Gasteiger partial charge in [-0.3, -0.25) is 0 Å². The van der Waals surface area contributed by atoms with Crippen molar-refractivity contribution in [2.24, 2.45) is 0 Å². The molecule has 0 N–H and O–H groups in total. The van der Waals surface area contributed by atoms with Gasteiger partial charge >= 0.3 is 115 Å². The molecule has 0 saturated heterocycles. The molecular weight excluding hydrogens is 216 g/mol. The molecule has 0 aliphatic rings. The van der Waals surface area contributed by atoms with Crippen molar-refractivity contribution in [3.63, 3.8) is 0 Å². The van der Waals surface area contributed by atoms with Crippen LogP contribution in [0.2, 0.25) is 0 Å². The fourth-order valence-electron chi connectivity index (χ4n) is 0. The molecule has 0 unspecified atom stereocenters. The van der Waals surface area contributed by atoms with Gasteiger partial charge in [0.1, 0.15) is 0 Å². The van der Waals surface area contributed by atoms with Gasteiger partial charge in [-0.15, -0.1) is 0 Å². The second kappa shape index (κ2) is 6.33. The predicted octanol–water partition coefficient (Wildman–Crippen LogP) is 0.814. The third-order valence-electron chi connectivity index (χ3n) is 0.321. The van der Waals surface area contributed by atoms with E-state index in [1.165, 1.54) is 0 Å². The summed E-state index contributed by atoms with van der Waals surface area (Å²) in [5.41, 5.74) is 0. The van der Waals surface area contributed by atoms with Crippen LogP contribution in [0.5, 0.6) is 0 Å². The molecule has 10 heavy (non-hydrogen) atoms. The van der Waals surface area contributed by atoms with E-state index in [2.05, 4.69) is 0 Å². The summed E-state index contributed by atoms with van der Waals surface area (Å²) < 4.78 is 62.6. The Morgan fingerprint density at radius 1 is 0.500 bits per heavy atom. The second-order valence-electron chi connectivity index (χ2n) is 0.996. The van der Waals surface area contributed by atoms with Crippen molar-refractivity contribution in [3.8, 4) is 0 Å². The van der Waals surface area contributed by atoms with E-state index >= 15 is 0 Å². The average molecular weight is 218 g/mol. The quantitative estimate of drug-likeness (QED) is 0.417. The van der Waals surface area contributed by atoms with Crippen LogP contribution in [0.3, 0.4) is 0 Å². The standard InChI is InChI=1S/C2F6.2K.2H/c3-1(4,5)2(6,7)8;;;;. The van der Waals surface area contributed by atoms with Crippen molar-refractivity contribution in [2.45, 2.75) is 12.4 Å². The van der Waals surface area contributed by atoms with Crippen LogP contribution in [0.25, 0.3) is 0 Å². The third-order valence-corrected chi connectivity index (χ3v) is 0.321. The Morgan fingerprint density at radius 3 is 0.600 bits per heavy atom. The number of hydrogen-bond donors (Lipinski definition) is 0. The zero-order valence-electron chi connectivity index (χ0n) is 3.27. The first-order chi connectivity index (χ1) is 3.25. The van der Waals surface area contributed by atoms with Crippen molar-refractivity contribution in [1.82, 2.24) is 0 Å². The number of rotatable bonds is 0. The molecule has 0 radical (unpaired) electrons. The van der Waals surface area contributed by atoms with E-state index in [9.17, 15) is 26.3 Å². The summed E-state index contributed by atoms with van der Waals surface area (Å²) >= 11 is 0. The van der Waals surface area contributed by atoms with E-state index in [-0.39, 0.29) is 103 Å². The summed E-state index contributed by atoms with van der Waals surface area (Å²) in [6, 6.07) is 0. The zero-order chi connectivity index (χ0) is 7.00. The topological polar surface area (TPSA) is 0 Å². The summed E-state index contributed by atoms with van der Waals surface area (Å²) in [4.78, 5) is 0. The normalized spacial score (nSPS) is 11.4. The minimum absolute atomic E-state index is 0. The first-order valence-corrected chi connectivity index (χ1v) is 1.38. The van der Waals surface area contributed by atoms with Gasteiger partial charge < -0.3 is 0 Å². The Kier molecular flexibility index (Phi) is 11.8. The molecule has 0 aromatic carbocycles. The Balaban J connectivity index is -0.000000245. The number of halogens is 6. The summed E-state index contributed by atoms with van der Waals surface area (Å²) in [5, 5.41) is 0. The molecule has 0 aliphatic carbocycles. The second-order valence-corrected chi connectivity index (χ2v) is 0.996. The summed E-state index contributed by atoms with van der Waals surface area (Å²) in [6.07, 6.45) is -12.1. The van der Waals surface area contributed by atoms with Crippen molar-refractivity contribution < 1.29 is 26.3 Å². The number of hydrogen-bond acceptors (Lipinski definition) is 0. The molecule has 0 aromatic heterocycles. The van der Waals surface area contributed by atoms with Crippen LogP contribution in [0, 0.1) is 0 Å². The van der Waals surface area contributed by atoms with Crippen LogP contribution < -0.4 is 0 Å². The molecule has 54 valence electrons. The SMILES string of the molecule is FC(F)(F)C(F)(F)F.[KH].[KH]. The maximum absolute atomic E-state index is 10.4. The molecule has 0 atom stereocenters. The van der Waals surface area contributed by atoms with Crippen LogP contribution in [0.1, 0.15) is 0 Å². The molecule has 0 saturated carbocycles. The van der Waals surface area contributed by atoms with Crippen molar-refractivity contribution in [3.05, 3.63) is 0 Å². The number of alkyl halides is 6. The van der Waals surface area contributed by atoms with Crippen LogP contribution in [-0.4, -0.2) is 115 Å². The van der Waals surface area contributed by atoms with Gasteiger partial charge in [-0.05, 0) is 0 Å². The Hall–Kier alpha value is 2.85. The fourth-order valence-corrected chi connectivity index (χ4v) is 0. The van der Waals surface area contributed by atoms with Gasteiger partial charge in [-0.1, -0.05) is 0 Å². The van der Waals surface area contributed by atoms with E-state index in [0.717, 1.165) is 0 Å². The first kappa shape index (κ1) is 18.6. The van der Waals surface area contributed by atoms with E-state index in [1.807, 2.05) is 0 Å². The fraction of sp³-hybridized carbons (Fsp3) is 1.00. The van der Waals surface area contributed by atoms with E-state index in [4.69, 9.17) is 0 Å². The molecule has 0 aliphatic heterocycles. The minimum atomic E-state index is -6.06. The Labute approximate surface area is 138 Å². The van der Waals surface area contributed by atoms with Gasteiger partial charge in [0.25, 0.3) is 0 Å². The molecule has 0 bridgehead atoms. The Morgan fingerprint density at radius 2 is 0.600 bits per heavy atom. The molecule has 0 fully saturated rings. The molecule has 0 aromatic rings. The zero-order valence-corrected chi connectivity index (χ0v) is 3.27. The summed E-state index contributed by atoms with van der Waals surface area (Å²) in [6.45, 7) is 0. The molecule has 0 nitrogen and oxygen atoms in total. The van der Waals surface area contributed by atoms with Gasteiger partial charge in [0.05, 0.1) is 0 Å². The van der Waals surface area contributed by atoms with Gasteiger partial charge in [0.2, 0.25) is 0 Å².